The van der Waals surface area contributed by atoms with Crippen LogP contribution in [0, 0.1) is 16.7 Å². The van der Waals surface area contributed by atoms with Gasteiger partial charge in [-0.3, -0.25) is 0 Å². The number of nitrogens with zero attached hydrogens (tertiary/aromatic N) is 1. The lowest BCUT2D eigenvalue weighted by atomic mass is 9.72. The molecule has 2 bridgehead atoms. The predicted octanol–water partition coefficient (Wildman–Crippen LogP) is 3.81. The van der Waals surface area contributed by atoms with Crippen LogP contribution in [0.15, 0.2) is 0 Å². The van der Waals surface area contributed by atoms with Gasteiger partial charge >= 0.3 is 0 Å². The third kappa shape index (κ3) is 2.25. The Hall–Kier alpha value is -0.550. The lowest BCUT2D eigenvalue weighted by Crippen LogP contribution is -2.30. The van der Waals surface area contributed by atoms with Crippen molar-refractivity contribution in [3.8, 4) is 6.07 Å². The van der Waals surface area contributed by atoms with Gasteiger partial charge in [0.15, 0.2) is 0 Å². The molecule has 0 saturated carbocycles. The maximum atomic E-state index is 9.41. The summed E-state index contributed by atoms with van der Waals surface area (Å²) >= 11 is 0. The standard InChI is InChI=1S/C14H23NO/c1-2-3-4-5-6-9-14(11-15)10-12-7-8-13(14)16-12/h12-13H,2-10H2,1H3. The Balaban J connectivity index is 1.76. The first-order valence-corrected chi connectivity index (χ1v) is 6.87. The molecule has 2 heteroatoms. The Kier molecular flexibility index (Phi) is 3.86. The van der Waals surface area contributed by atoms with Crippen molar-refractivity contribution in [1.82, 2.24) is 0 Å². The number of nitriles is 1. The van der Waals surface area contributed by atoms with E-state index < -0.39 is 0 Å². The second-order valence-electron chi connectivity index (χ2n) is 5.46. The van der Waals surface area contributed by atoms with E-state index in [0.29, 0.717) is 6.10 Å². The molecule has 2 fully saturated rings. The Bertz CT molecular complexity index is 270. The molecule has 2 heterocycles. The van der Waals surface area contributed by atoms with E-state index in [1.165, 1.54) is 38.5 Å². The largest absolute Gasteiger partial charge is 0.373 e. The summed E-state index contributed by atoms with van der Waals surface area (Å²) in [6, 6.07) is 2.57. The zero-order chi connectivity index (χ0) is 11.4. The lowest BCUT2D eigenvalue weighted by Gasteiger charge is -2.28. The summed E-state index contributed by atoms with van der Waals surface area (Å²) in [5, 5.41) is 9.41. The summed E-state index contributed by atoms with van der Waals surface area (Å²) in [6.45, 7) is 2.24. The fraction of sp³-hybridized carbons (Fsp3) is 0.929. The molecule has 0 aromatic carbocycles. The molecule has 3 atom stereocenters. The summed E-state index contributed by atoms with van der Waals surface area (Å²) in [6.07, 6.45) is 11.5. The molecule has 90 valence electrons. The highest BCUT2D eigenvalue weighted by Crippen LogP contribution is 2.50. The topological polar surface area (TPSA) is 33.0 Å². The van der Waals surface area contributed by atoms with Gasteiger partial charge in [0.1, 0.15) is 0 Å². The fourth-order valence-corrected chi connectivity index (χ4v) is 3.28. The molecule has 0 N–H and O–H groups in total. The van der Waals surface area contributed by atoms with Crippen LogP contribution in [0.1, 0.15) is 64.7 Å². The second-order valence-corrected chi connectivity index (χ2v) is 5.46. The zero-order valence-electron chi connectivity index (χ0n) is 10.4. The number of rotatable bonds is 6. The molecular weight excluding hydrogens is 198 g/mol. The van der Waals surface area contributed by atoms with Gasteiger partial charge < -0.3 is 4.74 Å². The smallest absolute Gasteiger partial charge is 0.0859 e. The van der Waals surface area contributed by atoms with Crippen LogP contribution in [0.3, 0.4) is 0 Å². The van der Waals surface area contributed by atoms with Crippen LogP contribution in [-0.2, 0) is 4.74 Å². The van der Waals surface area contributed by atoms with Crippen molar-refractivity contribution in [2.24, 2.45) is 5.41 Å². The predicted molar refractivity (Wildman–Crippen MR) is 63.9 cm³/mol. The van der Waals surface area contributed by atoms with E-state index in [0.717, 1.165) is 19.3 Å². The van der Waals surface area contributed by atoms with Crippen LogP contribution >= 0.6 is 0 Å². The molecule has 2 aliphatic rings. The Labute approximate surface area is 99.0 Å². The van der Waals surface area contributed by atoms with Gasteiger partial charge in [-0.1, -0.05) is 39.0 Å². The monoisotopic (exact) mass is 221 g/mol. The van der Waals surface area contributed by atoms with Crippen LogP contribution in [0.2, 0.25) is 0 Å². The minimum Gasteiger partial charge on any atom is -0.373 e. The Morgan fingerprint density at radius 1 is 1.25 bits per heavy atom. The van der Waals surface area contributed by atoms with Crippen molar-refractivity contribution >= 4 is 0 Å². The summed E-state index contributed by atoms with van der Waals surface area (Å²) < 4.78 is 5.83. The zero-order valence-corrected chi connectivity index (χ0v) is 10.4. The molecule has 0 spiro atoms. The molecule has 2 saturated heterocycles. The van der Waals surface area contributed by atoms with Gasteiger partial charge in [0.2, 0.25) is 0 Å². The highest BCUT2D eigenvalue weighted by molar-refractivity contribution is 5.12. The summed E-state index contributed by atoms with van der Waals surface area (Å²) in [5.41, 5.74) is -0.116. The van der Waals surface area contributed by atoms with E-state index in [1.807, 2.05) is 0 Å². The summed E-state index contributed by atoms with van der Waals surface area (Å²) in [7, 11) is 0. The van der Waals surface area contributed by atoms with Crippen LogP contribution in [0.25, 0.3) is 0 Å². The first kappa shape index (κ1) is 11.9. The maximum absolute atomic E-state index is 9.41. The minimum absolute atomic E-state index is 0.116. The van der Waals surface area contributed by atoms with Gasteiger partial charge in [0.05, 0.1) is 23.7 Å². The third-order valence-corrected chi connectivity index (χ3v) is 4.26. The van der Waals surface area contributed by atoms with Gasteiger partial charge in [-0.15, -0.1) is 0 Å². The van der Waals surface area contributed by atoms with Crippen LogP contribution in [0.5, 0.6) is 0 Å². The van der Waals surface area contributed by atoms with Crippen LogP contribution in [0.4, 0.5) is 0 Å². The average Bonchev–Trinajstić information content (AvgIpc) is 2.89. The lowest BCUT2D eigenvalue weighted by molar-refractivity contribution is 0.0755. The summed E-state index contributed by atoms with van der Waals surface area (Å²) in [5.74, 6) is 0. The van der Waals surface area contributed by atoms with Crippen molar-refractivity contribution in [3.63, 3.8) is 0 Å². The van der Waals surface area contributed by atoms with Crippen LogP contribution < -0.4 is 0 Å². The molecule has 0 aromatic heterocycles. The molecule has 2 aliphatic heterocycles. The van der Waals surface area contributed by atoms with Crippen molar-refractivity contribution < 1.29 is 4.74 Å². The molecule has 16 heavy (non-hydrogen) atoms. The SMILES string of the molecule is CCCCCCCC1(C#N)CC2CCC1O2. The van der Waals surface area contributed by atoms with Gasteiger partial charge in [-0.25, -0.2) is 0 Å². The number of hydrogen-bond donors (Lipinski definition) is 0. The molecule has 0 aliphatic carbocycles. The van der Waals surface area contributed by atoms with Crippen molar-refractivity contribution in [3.05, 3.63) is 0 Å². The van der Waals surface area contributed by atoms with E-state index in [4.69, 9.17) is 4.74 Å². The molecular formula is C14H23NO. The van der Waals surface area contributed by atoms with Gasteiger partial charge in [-0.05, 0) is 25.7 Å². The normalized spacial score (nSPS) is 36.5. The highest BCUT2D eigenvalue weighted by atomic mass is 16.5. The quantitative estimate of drug-likeness (QED) is 0.639. The van der Waals surface area contributed by atoms with Crippen molar-refractivity contribution in [2.45, 2.75) is 76.9 Å². The first-order valence-electron chi connectivity index (χ1n) is 6.87. The van der Waals surface area contributed by atoms with Crippen molar-refractivity contribution in [1.29, 1.82) is 5.26 Å². The molecule has 0 radical (unpaired) electrons. The van der Waals surface area contributed by atoms with Crippen molar-refractivity contribution in [2.75, 3.05) is 0 Å². The summed E-state index contributed by atoms with van der Waals surface area (Å²) in [4.78, 5) is 0. The van der Waals surface area contributed by atoms with Crippen LogP contribution in [-0.4, -0.2) is 12.2 Å². The molecule has 2 nitrogen and oxygen atoms in total. The Morgan fingerprint density at radius 3 is 2.62 bits per heavy atom. The number of hydrogen-bond acceptors (Lipinski definition) is 2. The van der Waals surface area contributed by atoms with E-state index in [-0.39, 0.29) is 11.5 Å². The Morgan fingerprint density at radius 2 is 2.06 bits per heavy atom. The van der Waals surface area contributed by atoms with E-state index >= 15 is 0 Å². The fourth-order valence-electron chi connectivity index (χ4n) is 3.28. The highest BCUT2D eigenvalue weighted by Gasteiger charge is 2.52. The number of unbranched alkanes of at least 4 members (excludes halogenated alkanes) is 4. The molecule has 3 unspecified atom stereocenters. The molecule has 0 amide bonds. The van der Waals surface area contributed by atoms with Gasteiger partial charge in [0.25, 0.3) is 0 Å². The number of fused-ring (bicyclic) bond motifs is 2. The van der Waals surface area contributed by atoms with E-state index in [9.17, 15) is 5.26 Å². The minimum atomic E-state index is -0.116. The first-order chi connectivity index (χ1) is 7.80. The molecule has 0 aromatic rings. The van der Waals surface area contributed by atoms with E-state index in [2.05, 4.69) is 13.0 Å². The third-order valence-electron chi connectivity index (χ3n) is 4.26. The van der Waals surface area contributed by atoms with Gasteiger partial charge in [-0.2, -0.15) is 5.26 Å². The molecule has 2 rings (SSSR count). The average molecular weight is 221 g/mol. The van der Waals surface area contributed by atoms with Gasteiger partial charge in [0, 0.05) is 0 Å². The van der Waals surface area contributed by atoms with E-state index in [1.54, 1.807) is 0 Å². The number of ether oxygens (including phenoxy) is 1. The second kappa shape index (κ2) is 5.19. The maximum Gasteiger partial charge on any atom is 0.0859 e.